The topological polar surface area (TPSA) is 59.0 Å². The molecule has 142 valence electrons. The van der Waals surface area contributed by atoms with E-state index in [2.05, 4.69) is 27.9 Å². The number of nitrogens with one attached hydrogen (secondary N) is 2. The summed E-state index contributed by atoms with van der Waals surface area (Å²) in [4.78, 5) is 12.2. The number of rotatable bonds is 7. The van der Waals surface area contributed by atoms with E-state index in [9.17, 15) is 4.79 Å². The molecule has 26 heavy (non-hydrogen) atoms. The van der Waals surface area contributed by atoms with Crippen LogP contribution >= 0.6 is 12.4 Å². The Morgan fingerprint density at radius 3 is 2.54 bits per heavy atom. The lowest BCUT2D eigenvalue weighted by Gasteiger charge is -2.16. The van der Waals surface area contributed by atoms with Gasteiger partial charge in [0.05, 0.1) is 18.3 Å². The first kappa shape index (κ1) is 20.5. The molecule has 1 aliphatic carbocycles. The Bertz CT molecular complexity index is 651. The highest BCUT2D eigenvalue weighted by molar-refractivity contribution is 5.93. The summed E-state index contributed by atoms with van der Waals surface area (Å²) in [6.07, 6.45) is 11.3. The van der Waals surface area contributed by atoms with Crippen LogP contribution in [-0.2, 0) is 6.54 Å². The van der Waals surface area contributed by atoms with Crippen molar-refractivity contribution in [2.75, 3.05) is 13.1 Å². The smallest absolute Gasteiger partial charge is 0.254 e. The highest BCUT2D eigenvalue weighted by atomic mass is 35.5. The first-order valence-corrected chi connectivity index (χ1v) is 9.39. The molecule has 1 aromatic heterocycles. The van der Waals surface area contributed by atoms with Crippen molar-refractivity contribution in [3.05, 3.63) is 53.9 Å². The second kappa shape index (κ2) is 11.0. The monoisotopic (exact) mass is 376 g/mol. The van der Waals surface area contributed by atoms with Gasteiger partial charge in [-0.3, -0.25) is 9.48 Å². The third-order valence-electron chi connectivity index (χ3n) is 4.78. The number of carbonyl (C=O) groups is 1. The van der Waals surface area contributed by atoms with Gasteiger partial charge >= 0.3 is 0 Å². The Balaban J connectivity index is 0.00000243. The molecule has 0 unspecified atom stereocenters. The van der Waals surface area contributed by atoms with E-state index in [1.54, 1.807) is 17.1 Å². The van der Waals surface area contributed by atoms with Crippen LogP contribution in [0.5, 0.6) is 0 Å². The fraction of sp³-hybridized carbons (Fsp3) is 0.500. The van der Waals surface area contributed by atoms with Crippen LogP contribution in [0.3, 0.4) is 0 Å². The molecule has 0 bridgehead atoms. The van der Waals surface area contributed by atoms with Crippen molar-refractivity contribution >= 4 is 18.3 Å². The summed E-state index contributed by atoms with van der Waals surface area (Å²) < 4.78 is 1.80. The molecule has 1 heterocycles. The molecule has 0 aliphatic heterocycles. The number of halogens is 1. The fourth-order valence-electron chi connectivity index (χ4n) is 3.38. The lowest BCUT2D eigenvalue weighted by atomic mass is 10.1. The van der Waals surface area contributed by atoms with Gasteiger partial charge in [0, 0.05) is 25.3 Å². The van der Waals surface area contributed by atoms with Crippen molar-refractivity contribution in [3.63, 3.8) is 0 Å². The molecule has 2 N–H and O–H groups in total. The Morgan fingerprint density at radius 1 is 1.08 bits per heavy atom. The van der Waals surface area contributed by atoms with Crippen LogP contribution in [0.2, 0.25) is 0 Å². The lowest BCUT2D eigenvalue weighted by Crippen LogP contribution is -2.36. The zero-order chi connectivity index (χ0) is 17.3. The van der Waals surface area contributed by atoms with Gasteiger partial charge in [-0.05, 0) is 18.4 Å². The van der Waals surface area contributed by atoms with Gasteiger partial charge < -0.3 is 10.6 Å². The molecule has 0 saturated heterocycles. The first-order chi connectivity index (χ1) is 12.3. The molecule has 1 aliphatic rings. The van der Waals surface area contributed by atoms with Crippen molar-refractivity contribution in [1.82, 2.24) is 20.4 Å². The van der Waals surface area contributed by atoms with E-state index in [-0.39, 0.29) is 18.3 Å². The fourth-order valence-corrected chi connectivity index (χ4v) is 3.38. The van der Waals surface area contributed by atoms with Crippen molar-refractivity contribution in [1.29, 1.82) is 0 Å². The van der Waals surface area contributed by atoms with Crippen LogP contribution in [-0.4, -0.2) is 34.8 Å². The Kier molecular flexibility index (Phi) is 8.65. The van der Waals surface area contributed by atoms with Crippen LogP contribution < -0.4 is 10.6 Å². The van der Waals surface area contributed by atoms with Gasteiger partial charge in [0.25, 0.3) is 5.91 Å². The van der Waals surface area contributed by atoms with Gasteiger partial charge in [-0.15, -0.1) is 12.4 Å². The second-order valence-electron chi connectivity index (χ2n) is 6.81. The summed E-state index contributed by atoms with van der Waals surface area (Å²) in [5.74, 6) is -0.0537. The number of aromatic nitrogens is 2. The standard InChI is InChI=1S/C20H28N4O.ClH/c25-20(22-13-12-21-19-10-6-1-2-7-11-19)18-14-23-24(16-18)15-17-8-4-3-5-9-17;/h3-5,8-9,14,16,19,21H,1-2,6-7,10-13,15H2,(H,22,25);1H. The van der Waals surface area contributed by atoms with Gasteiger partial charge in [0.1, 0.15) is 0 Å². The molecule has 0 atom stereocenters. The number of benzene rings is 1. The predicted molar refractivity (Wildman–Crippen MR) is 107 cm³/mol. The predicted octanol–water partition coefficient (Wildman–Crippen LogP) is 3.40. The second-order valence-corrected chi connectivity index (χ2v) is 6.81. The summed E-state index contributed by atoms with van der Waals surface area (Å²) in [6.45, 7) is 2.16. The number of amides is 1. The molecule has 1 amide bonds. The number of hydrogen-bond acceptors (Lipinski definition) is 3. The molecule has 6 heteroatoms. The van der Waals surface area contributed by atoms with Crippen LogP contribution in [0, 0.1) is 0 Å². The van der Waals surface area contributed by atoms with Gasteiger partial charge in [-0.1, -0.05) is 56.0 Å². The van der Waals surface area contributed by atoms with Crippen molar-refractivity contribution < 1.29 is 4.79 Å². The average Bonchev–Trinajstić information content (AvgIpc) is 2.94. The summed E-state index contributed by atoms with van der Waals surface area (Å²) >= 11 is 0. The molecule has 1 saturated carbocycles. The lowest BCUT2D eigenvalue weighted by molar-refractivity contribution is 0.0953. The van der Waals surface area contributed by atoms with E-state index >= 15 is 0 Å². The van der Waals surface area contributed by atoms with Gasteiger partial charge in [0.15, 0.2) is 0 Å². The third kappa shape index (κ3) is 6.46. The van der Waals surface area contributed by atoms with E-state index in [1.807, 2.05) is 18.2 Å². The maximum Gasteiger partial charge on any atom is 0.254 e. The van der Waals surface area contributed by atoms with Crippen LogP contribution in [0.25, 0.3) is 0 Å². The average molecular weight is 377 g/mol. The van der Waals surface area contributed by atoms with Crippen LogP contribution in [0.4, 0.5) is 0 Å². The highest BCUT2D eigenvalue weighted by Crippen LogP contribution is 2.16. The van der Waals surface area contributed by atoms with E-state index in [4.69, 9.17) is 0 Å². The molecule has 2 aromatic rings. The Morgan fingerprint density at radius 2 is 1.81 bits per heavy atom. The molecular formula is C20H29ClN4O. The van der Waals surface area contributed by atoms with Crippen LogP contribution in [0.1, 0.15) is 54.4 Å². The summed E-state index contributed by atoms with van der Waals surface area (Å²) in [5, 5.41) is 10.8. The van der Waals surface area contributed by atoms with E-state index < -0.39 is 0 Å². The van der Waals surface area contributed by atoms with Crippen molar-refractivity contribution in [3.8, 4) is 0 Å². The summed E-state index contributed by atoms with van der Waals surface area (Å²) in [7, 11) is 0. The van der Waals surface area contributed by atoms with Crippen LogP contribution in [0.15, 0.2) is 42.7 Å². The maximum atomic E-state index is 12.2. The molecule has 3 rings (SSSR count). The number of hydrogen-bond donors (Lipinski definition) is 2. The Labute approximate surface area is 162 Å². The minimum Gasteiger partial charge on any atom is -0.351 e. The molecule has 1 aromatic carbocycles. The molecular weight excluding hydrogens is 348 g/mol. The van der Waals surface area contributed by atoms with Crippen molar-refractivity contribution in [2.24, 2.45) is 0 Å². The van der Waals surface area contributed by atoms with E-state index in [0.717, 1.165) is 6.54 Å². The van der Waals surface area contributed by atoms with Gasteiger partial charge in [0.2, 0.25) is 0 Å². The van der Waals surface area contributed by atoms with Gasteiger partial charge in [-0.2, -0.15) is 5.10 Å². The number of carbonyl (C=O) groups excluding carboxylic acids is 1. The maximum absolute atomic E-state index is 12.2. The molecule has 0 spiro atoms. The SMILES string of the molecule is Cl.O=C(NCCNC1CCCCCC1)c1cnn(Cc2ccccc2)c1. The largest absolute Gasteiger partial charge is 0.351 e. The van der Waals surface area contributed by atoms with E-state index in [1.165, 1.54) is 44.1 Å². The molecule has 5 nitrogen and oxygen atoms in total. The highest BCUT2D eigenvalue weighted by Gasteiger charge is 2.12. The summed E-state index contributed by atoms with van der Waals surface area (Å²) in [6, 6.07) is 10.7. The minimum absolute atomic E-state index is 0. The zero-order valence-electron chi connectivity index (χ0n) is 15.2. The molecule has 0 radical (unpaired) electrons. The van der Waals surface area contributed by atoms with E-state index in [0.29, 0.717) is 24.7 Å². The first-order valence-electron chi connectivity index (χ1n) is 9.39. The zero-order valence-corrected chi connectivity index (χ0v) is 16.0. The minimum atomic E-state index is -0.0537. The Hall–Kier alpha value is -1.85. The molecule has 1 fully saturated rings. The van der Waals surface area contributed by atoms with Gasteiger partial charge in [-0.25, -0.2) is 0 Å². The normalized spacial score (nSPS) is 15.1. The van der Waals surface area contributed by atoms with Crippen molar-refractivity contribution in [2.45, 2.75) is 51.1 Å². The number of nitrogens with zero attached hydrogens (tertiary/aromatic N) is 2. The third-order valence-corrected chi connectivity index (χ3v) is 4.78. The quantitative estimate of drug-likeness (QED) is 0.575. The summed E-state index contributed by atoms with van der Waals surface area (Å²) in [5.41, 5.74) is 1.79.